The van der Waals surface area contributed by atoms with E-state index in [-0.39, 0.29) is 0 Å². The normalized spacial score (nSPS) is 10.9. The summed E-state index contributed by atoms with van der Waals surface area (Å²) in [7, 11) is 1.95. The van der Waals surface area contributed by atoms with Gasteiger partial charge in [0.05, 0.1) is 28.3 Å². The van der Waals surface area contributed by atoms with Crippen LogP contribution < -0.4 is 0 Å². The molecule has 7 nitrogen and oxygen atoms in total. The van der Waals surface area contributed by atoms with E-state index in [1.54, 1.807) is 0 Å². The molecule has 0 amide bonds. The van der Waals surface area contributed by atoms with Crippen LogP contribution in [0.25, 0.3) is 0 Å². The zero-order valence-corrected chi connectivity index (χ0v) is 28.7. The second-order valence-electron chi connectivity index (χ2n) is 12.5. The van der Waals surface area contributed by atoms with E-state index in [0.29, 0.717) is 11.8 Å². The lowest BCUT2D eigenvalue weighted by Crippen LogP contribution is -1.92. The molecule has 0 N–H and O–H groups in total. The Hall–Kier alpha value is -2.74. The van der Waals surface area contributed by atoms with Gasteiger partial charge >= 0.3 is 0 Å². The minimum absolute atomic E-state index is 0.646. The Morgan fingerprint density at radius 1 is 0.756 bits per heavy atom. The molecule has 8 heteroatoms. The van der Waals surface area contributed by atoms with E-state index in [1.165, 1.54) is 27.6 Å². The summed E-state index contributed by atoms with van der Waals surface area (Å²) in [5, 5.41) is 13.0. The zero-order chi connectivity index (χ0) is 31.1. The molecule has 0 fully saturated rings. The van der Waals surface area contributed by atoms with E-state index in [4.69, 9.17) is 9.05 Å². The quantitative estimate of drug-likeness (QED) is 0.205. The third-order valence-electron chi connectivity index (χ3n) is 5.58. The fourth-order valence-electron chi connectivity index (χ4n) is 4.03. The Bertz CT molecular complexity index is 1120. The van der Waals surface area contributed by atoms with Gasteiger partial charge in [0, 0.05) is 36.7 Å². The SMILES string of the molecule is CC(C)Cc1cnn(C)c1.Cc1cc(CC(C)C)no1.Cc1cc(CC(C)C)on1.Cc1nc(C)c(CC(C)C)s1. The molecule has 230 valence electrons. The molecule has 0 radical (unpaired) electrons. The summed E-state index contributed by atoms with van der Waals surface area (Å²) in [6.45, 7) is 25.6. The Kier molecular flexibility index (Phi) is 16.5. The first-order valence-electron chi connectivity index (χ1n) is 14.9. The summed E-state index contributed by atoms with van der Waals surface area (Å²) in [4.78, 5) is 5.84. The van der Waals surface area contributed by atoms with Crippen LogP contribution in [0.4, 0.5) is 0 Å². The topological polar surface area (TPSA) is 82.8 Å². The lowest BCUT2D eigenvalue weighted by Gasteiger charge is -2.00. The van der Waals surface area contributed by atoms with Crippen LogP contribution in [-0.4, -0.2) is 25.1 Å². The van der Waals surface area contributed by atoms with Crippen molar-refractivity contribution in [2.75, 3.05) is 0 Å². The molecule has 0 aromatic carbocycles. The number of aromatic nitrogens is 5. The van der Waals surface area contributed by atoms with Crippen LogP contribution in [0, 0.1) is 51.4 Å². The number of rotatable bonds is 8. The van der Waals surface area contributed by atoms with E-state index in [1.807, 2.05) is 55.2 Å². The van der Waals surface area contributed by atoms with Crippen LogP contribution >= 0.6 is 11.3 Å². The van der Waals surface area contributed by atoms with Gasteiger partial charge in [0.2, 0.25) is 0 Å². The molecule has 4 rings (SSSR count). The van der Waals surface area contributed by atoms with Crippen molar-refractivity contribution in [1.29, 1.82) is 0 Å². The Balaban J connectivity index is 0.000000274. The molecule has 0 atom stereocenters. The fourth-order valence-corrected chi connectivity index (χ4v) is 5.18. The smallest absolute Gasteiger partial charge is 0.137 e. The van der Waals surface area contributed by atoms with Crippen molar-refractivity contribution in [1.82, 2.24) is 25.1 Å². The van der Waals surface area contributed by atoms with Gasteiger partial charge in [0.15, 0.2) is 0 Å². The van der Waals surface area contributed by atoms with Crippen molar-refractivity contribution in [3.8, 4) is 0 Å². The van der Waals surface area contributed by atoms with Crippen molar-refractivity contribution in [2.24, 2.45) is 30.7 Å². The Morgan fingerprint density at radius 2 is 1.37 bits per heavy atom. The van der Waals surface area contributed by atoms with Crippen molar-refractivity contribution in [3.63, 3.8) is 0 Å². The Morgan fingerprint density at radius 3 is 1.76 bits per heavy atom. The minimum Gasteiger partial charge on any atom is -0.361 e. The molecular weight excluding hydrogens is 530 g/mol. The molecule has 41 heavy (non-hydrogen) atoms. The number of thiazole rings is 1. The first-order valence-corrected chi connectivity index (χ1v) is 15.7. The zero-order valence-electron chi connectivity index (χ0n) is 27.9. The monoisotopic (exact) mass is 585 g/mol. The standard InChI is InChI=1S/C9H15NS.C8H14N2.2C8H13NO/c1-6(2)5-9-7(3)10-8(4)11-9;1-7(2)4-8-5-9-10(3)6-8;1-6(2)4-8-5-7(3)10-9-8;1-6(2)4-8-5-7(3)9-10-8/h6H,5H2,1-4H3;5-7H,4H2,1-3H3;2*5-6H,4H2,1-3H3. The van der Waals surface area contributed by atoms with E-state index in [9.17, 15) is 0 Å². The minimum atomic E-state index is 0.646. The summed E-state index contributed by atoms with van der Waals surface area (Å²) >= 11 is 1.83. The molecular formula is C33H55N5O2S. The van der Waals surface area contributed by atoms with Gasteiger partial charge in [-0.25, -0.2) is 4.98 Å². The maximum absolute atomic E-state index is 5.03. The fraction of sp³-hybridized carbons (Fsp3) is 0.636. The predicted molar refractivity (Wildman–Crippen MR) is 171 cm³/mol. The molecule has 4 aromatic heterocycles. The molecule has 0 spiro atoms. The summed E-state index contributed by atoms with van der Waals surface area (Å²) in [6, 6.07) is 3.97. The van der Waals surface area contributed by atoms with Gasteiger partial charge < -0.3 is 9.05 Å². The van der Waals surface area contributed by atoms with Crippen LogP contribution in [0.3, 0.4) is 0 Å². The van der Waals surface area contributed by atoms with Gasteiger partial charge in [-0.1, -0.05) is 65.7 Å². The highest BCUT2D eigenvalue weighted by molar-refractivity contribution is 7.11. The van der Waals surface area contributed by atoms with E-state index in [2.05, 4.69) is 95.8 Å². The van der Waals surface area contributed by atoms with Gasteiger partial charge in [0.25, 0.3) is 0 Å². The molecule has 0 saturated heterocycles. The van der Waals surface area contributed by atoms with Crippen molar-refractivity contribution in [2.45, 2.75) is 109 Å². The number of hydrogen-bond donors (Lipinski definition) is 0. The highest BCUT2D eigenvalue weighted by atomic mass is 32.1. The molecule has 0 bridgehead atoms. The van der Waals surface area contributed by atoms with Crippen LogP contribution in [0.2, 0.25) is 0 Å². The van der Waals surface area contributed by atoms with Crippen LogP contribution in [0.15, 0.2) is 33.6 Å². The lowest BCUT2D eigenvalue weighted by molar-refractivity contribution is 0.365. The molecule has 0 aliphatic rings. The van der Waals surface area contributed by atoms with Crippen molar-refractivity contribution >= 4 is 11.3 Å². The Labute approximate surface area is 253 Å². The van der Waals surface area contributed by atoms with Gasteiger partial charge in [-0.2, -0.15) is 5.10 Å². The highest BCUT2D eigenvalue weighted by Crippen LogP contribution is 2.20. The van der Waals surface area contributed by atoms with Gasteiger partial charge in [-0.05, 0) is 76.2 Å². The van der Waals surface area contributed by atoms with Gasteiger partial charge in [-0.3, -0.25) is 4.68 Å². The number of hydrogen-bond acceptors (Lipinski definition) is 7. The highest BCUT2D eigenvalue weighted by Gasteiger charge is 2.06. The average molecular weight is 586 g/mol. The lowest BCUT2D eigenvalue weighted by atomic mass is 10.1. The molecule has 0 saturated carbocycles. The van der Waals surface area contributed by atoms with Crippen LogP contribution in [-0.2, 0) is 32.7 Å². The molecule has 4 heterocycles. The van der Waals surface area contributed by atoms with Crippen LogP contribution in [0.5, 0.6) is 0 Å². The maximum Gasteiger partial charge on any atom is 0.137 e. The van der Waals surface area contributed by atoms with Crippen molar-refractivity contribution in [3.05, 3.63) is 68.6 Å². The summed E-state index contributed by atoms with van der Waals surface area (Å²) in [6.07, 6.45) is 8.31. The van der Waals surface area contributed by atoms with Crippen LogP contribution in [0.1, 0.15) is 99.4 Å². The molecule has 4 aromatic rings. The molecule has 0 unspecified atom stereocenters. The van der Waals surface area contributed by atoms with Crippen molar-refractivity contribution < 1.29 is 9.05 Å². The second-order valence-corrected chi connectivity index (χ2v) is 13.8. The third kappa shape index (κ3) is 17.0. The van der Waals surface area contributed by atoms with Gasteiger partial charge in [0.1, 0.15) is 11.5 Å². The summed E-state index contributed by atoms with van der Waals surface area (Å²) in [5.41, 5.74) is 4.59. The average Bonchev–Trinajstić information content (AvgIpc) is 3.60. The largest absolute Gasteiger partial charge is 0.361 e. The second kappa shape index (κ2) is 18.6. The summed E-state index contributed by atoms with van der Waals surface area (Å²) < 4.78 is 11.8. The van der Waals surface area contributed by atoms with Gasteiger partial charge in [-0.15, -0.1) is 11.3 Å². The first-order chi connectivity index (χ1) is 19.1. The first kappa shape index (κ1) is 36.3. The summed E-state index contributed by atoms with van der Waals surface area (Å²) in [5.74, 6) is 4.66. The van der Waals surface area contributed by atoms with E-state index in [0.717, 1.165) is 54.0 Å². The number of aryl methyl sites for hydroxylation is 5. The molecule has 0 aliphatic carbocycles. The number of nitrogens with zero attached hydrogens (tertiary/aromatic N) is 5. The van der Waals surface area contributed by atoms with E-state index < -0.39 is 0 Å². The van der Waals surface area contributed by atoms with E-state index >= 15 is 0 Å². The molecule has 0 aliphatic heterocycles. The maximum atomic E-state index is 5.03. The third-order valence-corrected chi connectivity index (χ3v) is 6.67. The predicted octanol–water partition coefficient (Wildman–Crippen LogP) is 8.94.